The standard InChI is InChI=1S/C15H15NO4/c1-3-10-8-13(17)16(9-10)14(15(18)19)11-4-6-12(20-2)7-5-11/h1,4-7,10,14H,8-9H2,2H3,(H,18,19). The normalized spacial score (nSPS) is 19.5. The second kappa shape index (κ2) is 5.66. The molecule has 1 aromatic rings. The fourth-order valence-corrected chi connectivity index (χ4v) is 2.33. The Kier molecular flexibility index (Phi) is 3.94. The summed E-state index contributed by atoms with van der Waals surface area (Å²) in [6, 6.07) is 5.63. The Balaban J connectivity index is 2.29. The van der Waals surface area contributed by atoms with E-state index in [-0.39, 0.29) is 24.8 Å². The van der Waals surface area contributed by atoms with Gasteiger partial charge in [-0.05, 0) is 17.7 Å². The minimum atomic E-state index is -1.07. The molecule has 1 N–H and O–H groups in total. The average Bonchev–Trinajstić information content (AvgIpc) is 2.81. The Labute approximate surface area is 117 Å². The van der Waals surface area contributed by atoms with Crippen molar-refractivity contribution in [2.24, 2.45) is 5.92 Å². The number of ether oxygens (including phenoxy) is 1. The third-order valence-corrected chi connectivity index (χ3v) is 3.37. The summed E-state index contributed by atoms with van der Waals surface area (Å²) < 4.78 is 5.04. The van der Waals surface area contributed by atoms with Gasteiger partial charge in [0.25, 0.3) is 0 Å². The van der Waals surface area contributed by atoms with Gasteiger partial charge in [-0.1, -0.05) is 12.1 Å². The highest BCUT2D eigenvalue weighted by atomic mass is 16.5. The Morgan fingerprint density at radius 3 is 2.60 bits per heavy atom. The van der Waals surface area contributed by atoms with Crippen LogP contribution in [0.1, 0.15) is 18.0 Å². The zero-order valence-electron chi connectivity index (χ0n) is 11.1. The van der Waals surface area contributed by atoms with Gasteiger partial charge in [0.05, 0.1) is 7.11 Å². The summed E-state index contributed by atoms with van der Waals surface area (Å²) >= 11 is 0. The predicted octanol–water partition coefficient (Wildman–Crippen LogP) is 1.30. The smallest absolute Gasteiger partial charge is 0.331 e. The van der Waals surface area contributed by atoms with Crippen LogP contribution in [0.2, 0.25) is 0 Å². The van der Waals surface area contributed by atoms with Gasteiger partial charge in [0.2, 0.25) is 5.91 Å². The first-order chi connectivity index (χ1) is 9.56. The van der Waals surface area contributed by atoms with Crippen molar-refractivity contribution in [1.82, 2.24) is 4.90 Å². The SMILES string of the molecule is C#CC1CC(=O)N(C(C(=O)O)c2ccc(OC)cc2)C1. The van der Waals surface area contributed by atoms with Crippen molar-refractivity contribution in [2.45, 2.75) is 12.5 Å². The number of hydrogen-bond acceptors (Lipinski definition) is 3. The number of rotatable bonds is 4. The number of nitrogens with zero attached hydrogens (tertiary/aromatic N) is 1. The highest BCUT2D eigenvalue weighted by molar-refractivity contribution is 5.86. The molecule has 1 aromatic carbocycles. The van der Waals surface area contributed by atoms with Crippen molar-refractivity contribution < 1.29 is 19.4 Å². The monoisotopic (exact) mass is 273 g/mol. The van der Waals surface area contributed by atoms with Crippen LogP contribution in [0, 0.1) is 18.3 Å². The average molecular weight is 273 g/mol. The number of carbonyl (C=O) groups excluding carboxylic acids is 1. The van der Waals surface area contributed by atoms with E-state index in [9.17, 15) is 14.7 Å². The molecule has 0 bridgehead atoms. The molecular formula is C15H15NO4. The molecule has 0 saturated carbocycles. The maximum absolute atomic E-state index is 11.9. The lowest BCUT2D eigenvalue weighted by atomic mass is 10.1. The van der Waals surface area contributed by atoms with E-state index in [4.69, 9.17) is 11.2 Å². The Bertz CT molecular complexity index is 558. The molecule has 0 radical (unpaired) electrons. The molecule has 1 aliphatic heterocycles. The van der Waals surface area contributed by atoms with Crippen LogP contribution in [-0.2, 0) is 9.59 Å². The van der Waals surface area contributed by atoms with Gasteiger partial charge in [-0.25, -0.2) is 4.79 Å². The molecule has 0 aromatic heterocycles. The van der Waals surface area contributed by atoms with Crippen molar-refractivity contribution >= 4 is 11.9 Å². The van der Waals surface area contributed by atoms with Gasteiger partial charge in [0, 0.05) is 18.9 Å². The van der Waals surface area contributed by atoms with Gasteiger partial charge < -0.3 is 14.7 Å². The number of likely N-dealkylation sites (tertiary alicyclic amines) is 1. The van der Waals surface area contributed by atoms with E-state index in [1.165, 1.54) is 12.0 Å². The zero-order valence-corrected chi connectivity index (χ0v) is 11.1. The molecule has 1 aliphatic rings. The highest BCUT2D eigenvalue weighted by Crippen LogP contribution is 2.29. The topological polar surface area (TPSA) is 66.8 Å². The van der Waals surface area contributed by atoms with Gasteiger partial charge in [-0.15, -0.1) is 12.3 Å². The van der Waals surface area contributed by atoms with Crippen LogP contribution in [0.5, 0.6) is 5.75 Å². The van der Waals surface area contributed by atoms with Gasteiger partial charge >= 0.3 is 5.97 Å². The molecule has 5 heteroatoms. The lowest BCUT2D eigenvalue weighted by Crippen LogP contribution is -2.35. The maximum Gasteiger partial charge on any atom is 0.331 e. The Morgan fingerprint density at radius 2 is 2.15 bits per heavy atom. The quantitative estimate of drug-likeness (QED) is 0.840. The van der Waals surface area contributed by atoms with Crippen LogP contribution in [0.4, 0.5) is 0 Å². The summed E-state index contributed by atoms with van der Waals surface area (Å²) in [5.74, 6) is 1.63. The molecular weight excluding hydrogens is 258 g/mol. The number of carboxylic acids is 1. The molecule has 2 atom stereocenters. The summed E-state index contributed by atoms with van der Waals surface area (Å²) in [7, 11) is 1.53. The van der Waals surface area contributed by atoms with E-state index in [2.05, 4.69) is 5.92 Å². The van der Waals surface area contributed by atoms with E-state index < -0.39 is 12.0 Å². The van der Waals surface area contributed by atoms with Crippen molar-refractivity contribution in [3.8, 4) is 18.1 Å². The van der Waals surface area contributed by atoms with Crippen LogP contribution >= 0.6 is 0 Å². The first-order valence-electron chi connectivity index (χ1n) is 6.19. The lowest BCUT2D eigenvalue weighted by molar-refractivity contribution is -0.148. The molecule has 20 heavy (non-hydrogen) atoms. The van der Waals surface area contributed by atoms with E-state index in [1.807, 2.05) is 0 Å². The Morgan fingerprint density at radius 1 is 1.50 bits per heavy atom. The largest absolute Gasteiger partial charge is 0.497 e. The van der Waals surface area contributed by atoms with Crippen LogP contribution in [-0.4, -0.2) is 35.5 Å². The summed E-state index contributed by atoms with van der Waals surface area (Å²) in [6.45, 7) is 0.276. The number of carbonyl (C=O) groups is 2. The molecule has 0 spiro atoms. The highest BCUT2D eigenvalue weighted by Gasteiger charge is 2.37. The van der Waals surface area contributed by atoms with E-state index in [0.717, 1.165) is 0 Å². The van der Waals surface area contributed by atoms with Crippen LogP contribution < -0.4 is 4.74 Å². The molecule has 2 rings (SSSR count). The third-order valence-electron chi connectivity index (χ3n) is 3.37. The predicted molar refractivity (Wildman–Crippen MR) is 72.0 cm³/mol. The van der Waals surface area contributed by atoms with Crippen molar-refractivity contribution in [1.29, 1.82) is 0 Å². The second-order valence-corrected chi connectivity index (χ2v) is 4.63. The van der Waals surface area contributed by atoms with Gasteiger partial charge in [-0.3, -0.25) is 4.79 Å². The fraction of sp³-hybridized carbons (Fsp3) is 0.333. The summed E-state index contributed by atoms with van der Waals surface area (Å²) in [5, 5.41) is 9.41. The first kappa shape index (κ1) is 13.9. The Hall–Kier alpha value is -2.48. The fourth-order valence-electron chi connectivity index (χ4n) is 2.33. The van der Waals surface area contributed by atoms with Gasteiger partial charge in [-0.2, -0.15) is 0 Å². The minimum Gasteiger partial charge on any atom is -0.497 e. The minimum absolute atomic E-state index is 0.205. The van der Waals surface area contributed by atoms with E-state index in [1.54, 1.807) is 24.3 Å². The van der Waals surface area contributed by atoms with Gasteiger partial charge in [0.15, 0.2) is 6.04 Å². The molecule has 1 fully saturated rings. The number of hydrogen-bond donors (Lipinski definition) is 1. The number of amides is 1. The number of carboxylic acid groups (broad SMARTS) is 1. The van der Waals surface area contributed by atoms with Crippen molar-refractivity contribution in [3.05, 3.63) is 29.8 Å². The third kappa shape index (κ3) is 2.59. The molecule has 0 aliphatic carbocycles. The lowest BCUT2D eigenvalue weighted by Gasteiger charge is -2.24. The number of methoxy groups -OCH3 is 1. The number of benzene rings is 1. The van der Waals surface area contributed by atoms with E-state index in [0.29, 0.717) is 11.3 Å². The molecule has 104 valence electrons. The summed E-state index contributed by atoms with van der Waals surface area (Å²) in [4.78, 5) is 24.8. The van der Waals surface area contributed by atoms with Crippen molar-refractivity contribution in [3.63, 3.8) is 0 Å². The van der Waals surface area contributed by atoms with Crippen LogP contribution in [0.15, 0.2) is 24.3 Å². The molecule has 5 nitrogen and oxygen atoms in total. The van der Waals surface area contributed by atoms with Crippen LogP contribution in [0.3, 0.4) is 0 Å². The van der Waals surface area contributed by atoms with E-state index >= 15 is 0 Å². The molecule has 1 heterocycles. The van der Waals surface area contributed by atoms with Crippen LogP contribution in [0.25, 0.3) is 0 Å². The molecule has 2 unspecified atom stereocenters. The summed E-state index contributed by atoms with van der Waals surface area (Å²) in [5.41, 5.74) is 0.532. The molecule has 1 saturated heterocycles. The van der Waals surface area contributed by atoms with Crippen molar-refractivity contribution in [2.75, 3.05) is 13.7 Å². The maximum atomic E-state index is 11.9. The molecule has 1 amide bonds. The summed E-state index contributed by atoms with van der Waals surface area (Å²) in [6.07, 6.45) is 5.52. The second-order valence-electron chi connectivity index (χ2n) is 4.63. The first-order valence-corrected chi connectivity index (χ1v) is 6.19. The number of terminal acetylenes is 1. The zero-order chi connectivity index (χ0) is 14.7. The van der Waals surface area contributed by atoms with Gasteiger partial charge in [0.1, 0.15) is 5.75 Å². The number of aliphatic carboxylic acids is 1.